The summed E-state index contributed by atoms with van der Waals surface area (Å²) in [5, 5.41) is 3.94. The van der Waals surface area contributed by atoms with Crippen LogP contribution in [0, 0.1) is 18.3 Å². The van der Waals surface area contributed by atoms with Gasteiger partial charge in [-0.05, 0) is 63.3 Å². The van der Waals surface area contributed by atoms with Gasteiger partial charge in [0.25, 0.3) is 0 Å². The highest BCUT2D eigenvalue weighted by molar-refractivity contribution is 6.00. The van der Waals surface area contributed by atoms with Crippen LogP contribution in [0.3, 0.4) is 0 Å². The minimum atomic E-state index is -3.12. The number of carbonyl (C=O) groups is 2. The largest absolute Gasteiger partial charge is 0.444 e. The number of rotatable bonds is 10. The van der Waals surface area contributed by atoms with Crippen LogP contribution in [0.5, 0.6) is 5.75 Å². The predicted octanol–water partition coefficient (Wildman–Crippen LogP) is 9.92. The van der Waals surface area contributed by atoms with E-state index in [1.54, 1.807) is 11.0 Å². The molecule has 0 spiro atoms. The number of carbonyl (C=O) groups excluding carboxylic acids is 2. The molecule has 1 aliphatic heterocycles. The van der Waals surface area contributed by atoms with E-state index in [2.05, 4.69) is 43.0 Å². The third-order valence-electron chi connectivity index (χ3n) is 8.41. The zero-order chi connectivity index (χ0) is 37.1. The Morgan fingerprint density at radius 2 is 1.71 bits per heavy atom. The van der Waals surface area contributed by atoms with Crippen molar-refractivity contribution in [2.24, 2.45) is 11.3 Å². The number of aromatic nitrogens is 2. The lowest BCUT2D eigenvalue weighted by molar-refractivity contribution is -0.118. The average Bonchev–Trinajstić information content (AvgIpc) is 3.00. The van der Waals surface area contributed by atoms with Crippen LogP contribution in [0.4, 0.5) is 30.8 Å². The van der Waals surface area contributed by atoms with Crippen molar-refractivity contribution in [3.63, 3.8) is 0 Å². The average molecular weight is 686 g/mol. The minimum absolute atomic E-state index is 0.109. The number of hydrogen-bond donors (Lipinski definition) is 1. The van der Waals surface area contributed by atoms with Crippen LogP contribution in [-0.4, -0.2) is 58.7 Å². The van der Waals surface area contributed by atoms with Gasteiger partial charge in [-0.1, -0.05) is 73.4 Å². The number of nitrogens with one attached hydrogen (secondary N) is 1. The number of anilines is 3. The molecule has 1 saturated heterocycles. The van der Waals surface area contributed by atoms with Gasteiger partial charge in [-0.3, -0.25) is 4.79 Å². The molecule has 1 N–H and O–H groups in total. The van der Waals surface area contributed by atoms with Crippen molar-refractivity contribution in [3.05, 3.63) is 47.8 Å². The standard InChI is InChI=1S/C33H43F2N5O4.C3H8.C2H6/c1-9-21(4)33(16-39(17-33)31(42)44-32(6,7)8)18-40(22(5)41)27-14-24-26(15-28(27)43-30(34)35)36-19-37-29(24)38-25-13-11-12-20(3)23(25)10-2;1-3-2;1-2/h11-15,19,21,30H,9-10,16-18H2,1-8H3,(H,36,37,38);3H2,1-2H3;1-2H3. The minimum Gasteiger partial charge on any atom is -0.444 e. The molecule has 1 aliphatic rings. The van der Waals surface area contributed by atoms with Gasteiger partial charge in [-0.25, -0.2) is 14.8 Å². The van der Waals surface area contributed by atoms with E-state index in [4.69, 9.17) is 9.47 Å². The Morgan fingerprint density at radius 3 is 2.24 bits per heavy atom. The van der Waals surface area contributed by atoms with E-state index in [0.29, 0.717) is 29.8 Å². The van der Waals surface area contributed by atoms with Crippen molar-refractivity contribution < 1.29 is 27.8 Å². The summed E-state index contributed by atoms with van der Waals surface area (Å²) in [5.74, 6) is 0.0669. The van der Waals surface area contributed by atoms with Crippen LogP contribution in [-0.2, 0) is 16.0 Å². The molecule has 1 atom stereocenters. The molecule has 2 aromatic carbocycles. The first-order valence-corrected chi connectivity index (χ1v) is 17.4. The van der Waals surface area contributed by atoms with Crippen LogP contribution in [0.2, 0.25) is 0 Å². The lowest BCUT2D eigenvalue weighted by atomic mass is 9.68. The molecule has 4 rings (SSSR count). The van der Waals surface area contributed by atoms with Gasteiger partial charge in [0.2, 0.25) is 5.91 Å². The second kappa shape index (κ2) is 18.1. The third-order valence-corrected chi connectivity index (χ3v) is 8.41. The maximum absolute atomic E-state index is 13.7. The molecule has 2 amide bonds. The Hall–Kier alpha value is -4.02. The molecular formula is C38H57F2N5O4. The Labute approximate surface area is 291 Å². The van der Waals surface area contributed by atoms with Gasteiger partial charge in [0.1, 0.15) is 17.7 Å². The summed E-state index contributed by atoms with van der Waals surface area (Å²) in [6, 6.07) is 8.99. The maximum Gasteiger partial charge on any atom is 0.410 e. The molecule has 1 aromatic heterocycles. The number of aryl methyl sites for hydroxylation is 1. The molecule has 0 radical (unpaired) electrons. The first-order chi connectivity index (χ1) is 23.1. The monoisotopic (exact) mass is 685 g/mol. The molecule has 2 heterocycles. The van der Waals surface area contributed by atoms with Crippen molar-refractivity contribution in [2.75, 3.05) is 29.9 Å². The van der Waals surface area contributed by atoms with E-state index in [0.717, 1.165) is 29.7 Å². The van der Waals surface area contributed by atoms with E-state index in [9.17, 15) is 18.4 Å². The van der Waals surface area contributed by atoms with Crippen molar-refractivity contribution in [3.8, 4) is 5.75 Å². The van der Waals surface area contributed by atoms with Gasteiger partial charge in [0, 0.05) is 49.1 Å². The predicted molar refractivity (Wildman–Crippen MR) is 195 cm³/mol. The molecule has 11 heteroatoms. The summed E-state index contributed by atoms with van der Waals surface area (Å²) >= 11 is 0. The van der Waals surface area contributed by atoms with Crippen molar-refractivity contribution >= 4 is 40.1 Å². The van der Waals surface area contributed by atoms with E-state index >= 15 is 0 Å². The lowest BCUT2D eigenvalue weighted by Crippen LogP contribution is -2.66. The molecule has 49 heavy (non-hydrogen) atoms. The molecule has 0 aliphatic carbocycles. The number of benzene rings is 2. The Kier molecular flexibility index (Phi) is 15.2. The highest BCUT2D eigenvalue weighted by atomic mass is 19.3. The number of ether oxygens (including phenoxy) is 2. The molecular weight excluding hydrogens is 628 g/mol. The van der Waals surface area contributed by atoms with Crippen molar-refractivity contribution in [2.45, 2.75) is 115 Å². The summed E-state index contributed by atoms with van der Waals surface area (Å²) < 4.78 is 37.9. The van der Waals surface area contributed by atoms with Crippen molar-refractivity contribution in [1.82, 2.24) is 14.9 Å². The normalized spacial score (nSPS) is 14.1. The second-order valence-corrected chi connectivity index (χ2v) is 13.3. The maximum atomic E-state index is 13.7. The van der Waals surface area contributed by atoms with Crippen LogP contribution in [0.25, 0.3) is 10.9 Å². The van der Waals surface area contributed by atoms with Crippen LogP contribution in [0.1, 0.15) is 100 Å². The van der Waals surface area contributed by atoms with Gasteiger partial charge in [0.15, 0.2) is 5.75 Å². The summed E-state index contributed by atoms with van der Waals surface area (Å²) in [7, 11) is 0. The first kappa shape index (κ1) is 41.2. The highest BCUT2D eigenvalue weighted by Gasteiger charge is 2.51. The smallest absolute Gasteiger partial charge is 0.410 e. The zero-order valence-electron chi connectivity index (χ0n) is 31.5. The summed E-state index contributed by atoms with van der Waals surface area (Å²) in [6.45, 7) is 21.1. The van der Waals surface area contributed by atoms with E-state index in [1.807, 2.05) is 66.7 Å². The summed E-state index contributed by atoms with van der Waals surface area (Å²) in [5.41, 5.74) is 2.56. The Bertz CT molecular complexity index is 1540. The Morgan fingerprint density at radius 1 is 1.08 bits per heavy atom. The second-order valence-electron chi connectivity index (χ2n) is 13.3. The van der Waals surface area contributed by atoms with Gasteiger partial charge in [-0.15, -0.1) is 0 Å². The number of nitrogens with zero attached hydrogens (tertiary/aromatic N) is 4. The fourth-order valence-electron chi connectivity index (χ4n) is 5.84. The SMILES string of the molecule is CC.CCC.CCc1c(C)cccc1Nc1ncnc2cc(OC(F)F)c(N(CC3(C(C)CC)CN(C(=O)OC(C)(C)C)C3)C(C)=O)cc12. The number of halogens is 2. The van der Waals surface area contributed by atoms with Crippen LogP contribution < -0.4 is 15.0 Å². The lowest BCUT2D eigenvalue weighted by Gasteiger charge is -2.54. The number of fused-ring (bicyclic) bond motifs is 1. The molecule has 272 valence electrons. The van der Waals surface area contributed by atoms with E-state index in [1.165, 1.54) is 30.6 Å². The molecule has 1 unspecified atom stereocenters. The van der Waals surface area contributed by atoms with Gasteiger partial charge >= 0.3 is 12.7 Å². The van der Waals surface area contributed by atoms with Gasteiger partial charge in [-0.2, -0.15) is 8.78 Å². The number of likely N-dealkylation sites (tertiary alicyclic amines) is 1. The third kappa shape index (κ3) is 10.5. The highest BCUT2D eigenvalue weighted by Crippen LogP contribution is 2.44. The molecule has 0 saturated carbocycles. The first-order valence-electron chi connectivity index (χ1n) is 17.4. The van der Waals surface area contributed by atoms with Crippen molar-refractivity contribution in [1.29, 1.82) is 0 Å². The van der Waals surface area contributed by atoms with Crippen LogP contribution in [0.15, 0.2) is 36.7 Å². The van der Waals surface area contributed by atoms with E-state index < -0.39 is 23.7 Å². The quantitative estimate of drug-likeness (QED) is 0.227. The van der Waals surface area contributed by atoms with Gasteiger partial charge in [0.05, 0.1) is 11.2 Å². The number of alkyl halides is 2. The summed E-state index contributed by atoms with van der Waals surface area (Å²) in [6.07, 6.45) is 3.78. The fraction of sp³-hybridized carbons (Fsp3) is 0.579. The zero-order valence-corrected chi connectivity index (χ0v) is 31.5. The van der Waals surface area contributed by atoms with Crippen LogP contribution >= 0.6 is 0 Å². The summed E-state index contributed by atoms with van der Waals surface area (Å²) in [4.78, 5) is 38.0. The molecule has 9 nitrogen and oxygen atoms in total. The number of hydrogen-bond acceptors (Lipinski definition) is 7. The van der Waals surface area contributed by atoms with E-state index in [-0.39, 0.29) is 29.8 Å². The number of amides is 2. The fourth-order valence-corrected chi connectivity index (χ4v) is 5.84. The molecule has 0 bridgehead atoms. The molecule has 1 fully saturated rings. The molecule has 3 aromatic rings. The van der Waals surface area contributed by atoms with Gasteiger partial charge < -0.3 is 24.6 Å². The topological polar surface area (TPSA) is 96.9 Å². The Balaban J connectivity index is 0.00000158.